The van der Waals surface area contributed by atoms with Gasteiger partial charge in [-0.1, -0.05) is 72.8 Å². The molecule has 43 heavy (non-hydrogen) atoms. The fourth-order valence-electron chi connectivity index (χ4n) is 3.56. The van der Waals surface area contributed by atoms with Crippen molar-refractivity contribution >= 4 is 50.6 Å². The second-order valence-electron chi connectivity index (χ2n) is 8.08. The van der Waals surface area contributed by atoms with Crippen LogP contribution in [-0.4, -0.2) is 64.6 Å². The van der Waals surface area contributed by atoms with Gasteiger partial charge >= 0.3 is 17.9 Å². The number of nitrogens with zero attached hydrogens (tertiary/aromatic N) is 3. The van der Waals surface area contributed by atoms with Crippen molar-refractivity contribution in [2.24, 2.45) is 0 Å². The Kier molecular flexibility index (Phi) is 16.3. The molecular formula is C30H27N3NdO9. The van der Waals surface area contributed by atoms with Gasteiger partial charge in [-0.25, -0.2) is 29.3 Å². The summed E-state index contributed by atoms with van der Waals surface area (Å²) in [5, 5.41) is 28.9. The maximum absolute atomic E-state index is 10.6. The summed E-state index contributed by atoms with van der Waals surface area (Å²) < 4.78 is 0. The molecule has 12 nitrogen and oxygen atoms in total. The molecule has 0 aliphatic carbocycles. The number of rotatable bonds is 3. The van der Waals surface area contributed by atoms with Crippen LogP contribution in [-0.2, 0) is 0 Å². The number of pyridine rings is 3. The van der Waals surface area contributed by atoms with E-state index in [4.69, 9.17) is 15.3 Å². The first-order chi connectivity index (χ1) is 18.8. The zero-order chi connectivity index (χ0) is 27.8. The van der Waals surface area contributed by atoms with E-state index in [-0.39, 0.29) is 74.3 Å². The molecule has 0 atom stereocenters. The van der Waals surface area contributed by atoms with Gasteiger partial charge in [-0.3, -0.25) is 0 Å². The Balaban J connectivity index is 0.000000588. The van der Waals surface area contributed by atoms with Gasteiger partial charge in [0.15, 0.2) is 0 Å². The number of carboxylic acids is 3. The Bertz CT molecular complexity index is 1620. The summed E-state index contributed by atoms with van der Waals surface area (Å²) in [7, 11) is 0. The van der Waals surface area contributed by atoms with Crippen molar-refractivity contribution in [3.63, 3.8) is 0 Å². The zero-order valence-corrected chi connectivity index (χ0v) is 25.5. The molecule has 0 aliphatic rings. The second kappa shape index (κ2) is 18.1. The molecule has 0 saturated carbocycles. The fraction of sp³-hybridized carbons (Fsp3) is 0. The minimum Gasteiger partial charge on any atom is -0.477 e. The van der Waals surface area contributed by atoms with Crippen LogP contribution in [0.2, 0.25) is 0 Å². The molecule has 0 bridgehead atoms. The summed E-state index contributed by atoms with van der Waals surface area (Å²) in [6, 6.07) is 32.0. The minimum atomic E-state index is -0.995. The van der Waals surface area contributed by atoms with Gasteiger partial charge in [-0.05, 0) is 36.4 Å². The standard InChI is InChI=1S/3C10H7NO2.Nd.3H2O/c3*12-10(13)9-6-5-7-3-1-2-4-8(7)11-9;;;;/h3*1-6H,(H,12,13);;3*1H2. The summed E-state index contributed by atoms with van der Waals surface area (Å²) in [4.78, 5) is 43.7. The molecule has 0 spiro atoms. The van der Waals surface area contributed by atoms with Crippen LogP contribution in [0.25, 0.3) is 32.7 Å². The molecule has 220 valence electrons. The van der Waals surface area contributed by atoms with Gasteiger partial charge in [0.1, 0.15) is 17.1 Å². The van der Waals surface area contributed by atoms with E-state index < -0.39 is 17.9 Å². The third kappa shape index (κ3) is 10.4. The average Bonchev–Trinajstić information content (AvgIpc) is 2.97. The van der Waals surface area contributed by atoms with E-state index in [2.05, 4.69) is 15.0 Å². The van der Waals surface area contributed by atoms with Crippen molar-refractivity contribution in [2.75, 3.05) is 0 Å². The smallest absolute Gasteiger partial charge is 0.354 e. The zero-order valence-electron chi connectivity index (χ0n) is 22.3. The Morgan fingerprint density at radius 1 is 0.395 bits per heavy atom. The summed E-state index contributed by atoms with van der Waals surface area (Å²) in [5.41, 5.74) is 2.38. The Morgan fingerprint density at radius 3 is 0.860 bits per heavy atom. The van der Waals surface area contributed by atoms with E-state index in [0.29, 0.717) is 16.6 Å². The number of hydrogen-bond donors (Lipinski definition) is 3. The quantitative estimate of drug-likeness (QED) is 0.243. The predicted octanol–water partition coefficient (Wildman–Crippen LogP) is 3.32. The SMILES string of the molecule is O.O.O.O=C(O)c1ccc2ccccc2n1.O=C(O)c1ccc2ccccc2n1.O=C(O)c1ccc2ccccc2n1.[Nd]. The number of fused-ring (bicyclic) bond motifs is 3. The molecule has 0 saturated heterocycles. The summed E-state index contributed by atoms with van der Waals surface area (Å²) >= 11 is 0. The number of benzene rings is 3. The topological polar surface area (TPSA) is 245 Å². The van der Waals surface area contributed by atoms with Crippen LogP contribution in [0.1, 0.15) is 31.5 Å². The van der Waals surface area contributed by atoms with Crippen molar-refractivity contribution in [3.8, 4) is 0 Å². The first-order valence-electron chi connectivity index (χ1n) is 11.6. The Morgan fingerprint density at radius 2 is 0.628 bits per heavy atom. The average molecular weight is 718 g/mol. The van der Waals surface area contributed by atoms with Crippen molar-refractivity contribution in [3.05, 3.63) is 126 Å². The van der Waals surface area contributed by atoms with E-state index in [1.54, 1.807) is 36.4 Å². The second-order valence-corrected chi connectivity index (χ2v) is 8.08. The Hall–Kier alpha value is -4.47. The van der Waals surface area contributed by atoms with Crippen LogP contribution in [0, 0.1) is 40.8 Å². The van der Waals surface area contributed by atoms with Gasteiger partial charge < -0.3 is 31.7 Å². The van der Waals surface area contributed by atoms with Gasteiger partial charge in [0, 0.05) is 57.0 Å². The van der Waals surface area contributed by atoms with Crippen molar-refractivity contribution in [1.29, 1.82) is 0 Å². The van der Waals surface area contributed by atoms with Crippen LogP contribution in [0.4, 0.5) is 0 Å². The summed E-state index contributed by atoms with van der Waals surface area (Å²) in [6.07, 6.45) is 0. The minimum absolute atomic E-state index is 0. The van der Waals surface area contributed by atoms with Crippen molar-refractivity contribution < 1.29 is 87.0 Å². The van der Waals surface area contributed by atoms with Crippen LogP contribution in [0.5, 0.6) is 0 Å². The Labute approximate surface area is 277 Å². The van der Waals surface area contributed by atoms with Gasteiger partial charge in [-0.15, -0.1) is 0 Å². The van der Waals surface area contributed by atoms with E-state index >= 15 is 0 Å². The normalized spacial score (nSPS) is 9.21. The van der Waals surface area contributed by atoms with E-state index in [9.17, 15) is 14.4 Å². The van der Waals surface area contributed by atoms with Gasteiger partial charge in [0.25, 0.3) is 0 Å². The molecule has 0 unspecified atom stereocenters. The van der Waals surface area contributed by atoms with E-state index in [1.165, 1.54) is 18.2 Å². The first-order valence-corrected chi connectivity index (χ1v) is 11.6. The maximum atomic E-state index is 10.6. The molecule has 0 radical (unpaired) electrons. The molecule has 3 heterocycles. The number of carboxylic acid groups (broad SMARTS) is 3. The predicted molar refractivity (Wildman–Crippen MR) is 157 cm³/mol. The summed E-state index contributed by atoms with van der Waals surface area (Å²) in [5.74, 6) is -2.98. The van der Waals surface area contributed by atoms with Crippen molar-refractivity contribution in [2.45, 2.75) is 0 Å². The number of carbonyl (C=O) groups is 3. The molecule has 9 N–H and O–H groups in total. The van der Waals surface area contributed by atoms with Gasteiger partial charge in [0.2, 0.25) is 0 Å². The summed E-state index contributed by atoms with van der Waals surface area (Å²) in [6.45, 7) is 0. The van der Waals surface area contributed by atoms with Crippen LogP contribution >= 0.6 is 0 Å². The van der Waals surface area contributed by atoms with E-state index in [1.807, 2.05) is 54.6 Å². The monoisotopic (exact) mass is 715 g/mol. The third-order valence-electron chi connectivity index (χ3n) is 5.45. The van der Waals surface area contributed by atoms with E-state index in [0.717, 1.165) is 16.2 Å². The fourth-order valence-corrected chi connectivity index (χ4v) is 3.56. The van der Waals surface area contributed by atoms with Gasteiger partial charge in [0.05, 0.1) is 16.6 Å². The molecule has 13 heteroatoms. The number of aromatic nitrogens is 3. The number of aromatic carboxylic acids is 3. The number of para-hydroxylation sites is 3. The molecule has 0 aliphatic heterocycles. The molecular weight excluding hydrogens is 691 g/mol. The van der Waals surface area contributed by atoms with Gasteiger partial charge in [-0.2, -0.15) is 0 Å². The number of hydrogen-bond acceptors (Lipinski definition) is 6. The maximum Gasteiger partial charge on any atom is 0.354 e. The first kappa shape index (κ1) is 38.5. The van der Waals surface area contributed by atoms with Crippen LogP contribution in [0.15, 0.2) is 109 Å². The molecule has 0 fully saturated rings. The molecule has 3 aromatic heterocycles. The molecule has 6 rings (SSSR count). The molecule has 6 aromatic rings. The molecule has 0 amide bonds. The van der Waals surface area contributed by atoms with Crippen LogP contribution < -0.4 is 0 Å². The van der Waals surface area contributed by atoms with Crippen molar-refractivity contribution in [1.82, 2.24) is 15.0 Å². The molecule has 3 aromatic carbocycles. The largest absolute Gasteiger partial charge is 0.477 e. The third-order valence-corrected chi connectivity index (χ3v) is 5.45. The van der Waals surface area contributed by atoms with Crippen LogP contribution in [0.3, 0.4) is 0 Å².